The molecule has 3 heteroatoms. The van der Waals surface area contributed by atoms with Crippen LogP contribution in [0.4, 0.5) is 4.39 Å². The van der Waals surface area contributed by atoms with Crippen LogP contribution in [-0.4, -0.2) is 17.3 Å². The fraction of sp³-hybridized carbons (Fsp3) is 0.625. The summed E-state index contributed by atoms with van der Waals surface area (Å²) >= 11 is 0. The van der Waals surface area contributed by atoms with Crippen LogP contribution < -0.4 is 5.73 Å². The molecule has 0 bridgehead atoms. The van der Waals surface area contributed by atoms with Gasteiger partial charge >= 0.3 is 0 Å². The number of hydrogen-bond acceptors (Lipinski definition) is 2. The van der Waals surface area contributed by atoms with Crippen LogP contribution in [0.1, 0.15) is 44.6 Å². The molecule has 1 aromatic carbocycles. The van der Waals surface area contributed by atoms with Crippen LogP contribution in [0, 0.1) is 11.2 Å². The third-order valence-corrected chi connectivity index (χ3v) is 4.84. The molecule has 0 aliphatic heterocycles. The molecule has 1 aliphatic carbocycles. The van der Waals surface area contributed by atoms with E-state index in [1.54, 1.807) is 12.1 Å². The van der Waals surface area contributed by atoms with Crippen molar-refractivity contribution in [3.05, 3.63) is 35.6 Å². The maximum absolute atomic E-state index is 13.8. The molecular weight excluding hydrogens is 241 g/mol. The molecule has 1 saturated carbocycles. The maximum Gasteiger partial charge on any atom is 0.126 e. The van der Waals surface area contributed by atoms with Gasteiger partial charge in [0, 0.05) is 18.4 Å². The summed E-state index contributed by atoms with van der Waals surface area (Å²) in [5, 5.41) is 10.9. The molecule has 1 fully saturated rings. The Morgan fingerprint density at radius 3 is 2.47 bits per heavy atom. The SMILES string of the molecule is CC(O)(Cc1ccccc1F)C1(CN)CCCCC1. The van der Waals surface area contributed by atoms with E-state index in [0.717, 1.165) is 25.7 Å². The van der Waals surface area contributed by atoms with Gasteiger partial charge in [-0.05, 0) is 31.4 Å². The lowest BCUT2D eigenvalue weighted by Crippen LogP contribution is -2.53. The van der Waals surface area contributed by atoms with Crippen LogP contribution in [0.3, 0.4) is 0 Å². The lowest BCUT2D eigenvalue weighted by Gasteiger charge is -2.47. The summed E-state index contributed by atoms with van der Waals surface area (Å²) in [6.07, 6.45) is 5.61. The summed E-state index contributed by atoms with van der Waals surface area (Å²) in [5.41, 5.74) is 5.31. The average Bonchev–Trinajstić information content (AvgIpc) is 2.42. The zero-order valence-electron chi connectivity index (χ0n) is 11.7. The number of halogens is 1. The Morgan fingerprint density at radius 2 is 1.89 bits per heavy atom. The van der Waals surface area contributed by atoms with Crippen molar-refractivity contribution in [3.63, 3.8) is 0 Å². The third-order valence-electron chi connectivity index (χ3n) is 4.84. The van der Waals surface area contributed by atoms with Crippen molar-refractivity contribution in [1.29, 1.82) is 0 Å². The molecule has 1 atom stereocenters. The molecule has 0 saturated heterocycles. The quantitative estimate of drug-likeness (QED) is 0.879. The van der Waals surface area contributed by atoms with E-state index < -0.39 is 5.60 Å². The van der Waals surface area contributed by atoms with Gasteiger partial charge in [0.1, 0.15) is 5.82 Å². The minimum atomic E-state index is -0.954. The molecule has 1 aromatic rings. The number of aliphatic hydroxyl groups is 1. The highest BCUT2D eigenvalue weighted by Crippen LogP contribution is 2.45. The minimum Gasteiger partial charge on any atom is -0.389 e. The highest BCUT2D eigenvalue weighted by molar-refractivity contribution is 5.20. The minimum absolute atomic E-state index is 0.245. The van der Waals surface area contributed by atoms with E-state index in [0.29, 0.717) is 18.5 Å². The Hall–Kier alpha value is -0.930. The van der Waals surface area contributed by atoms with E-state index in [1.807, 2.05) is 13.0 Å². The molecule has 1 unspecified atom stereocenters. The lowest BCUT2D eigenvalue weighted by atomic mass is 9.62. The van der Waals surface area contributed by atoms with Gasteiger partial charge in [0.25, 0.3) is 0 Å². The summed E-state index contributed by atoms with van der Waals surface area (Å²) in [6.45, 7) is 2.28. The number of nitrogens with two attached hydrogens (primary N) is 1. The molecule has 3 N–H and O–H groups in total. The van der Waals surface area contributed by atoms with Crippen molar-refractivity contribution in [1.82, 2.24) is 0 Å². The van der Waals surface area contributed by atoms with Gasteiger partial charge in [0.05, 0.1) is 5.60 Å². The van der Waals surface area contributed by atoms with Crippen molar-refractivity contribution in [2.75, 3.05) is 6.54 Å². The lowest BCUT2D eigenvalue weighted by molar-refractivity contribution is -0.0853. The maximum atomic E-state index is 13.8. The predicted molar refractivity (Wildman–Crippen MR) is 75.3 cm³/mol. The molecule has 0 amide bonds. The number of benzene rings is 1. The summed E-state index contributed by atoms with van der Waals surface area (Å²) in [6, 6.07) is 6.68. The summed E-state index contributed by atoms with van der Waals surface area (Å²) in [4.78, 5) is 0. The van der Waals surface area contributed by atoms with E-state index in [-0.39, 0.29) is 11.2 Å². The zero-order valence-corrected chi connectivity index (χ0v) is 11.7. The van der Waals surface area contributed by atoms with Gasteiger partial charge in [-0.25, -0.2) is 4.39 Å². The molecule has 1 aliphatic rings. The molecule has 19 heavy (non-hydrogen) atoms. The van der Waals surface area contributed by atoms with Gasteiger partial charge < -0.3 is 10.8 Å². The van der Waals surface area contributed by atoms with Crippen LogP contribution in [0.25, 0.3) is 0 Å². The van der Waals surface area contributed by atoms with Crippen LogP contribution in [0.5, 0.6) is 0 Å². The number of rotatable bonds is 4. The first kappa shape index (κ1) is 14.5. The normalized spacial score (nSPS) is 21.9. The second-order valence-electron chi connectivity index (χ2n) is 6.09. The predicted octanol–water partition coefficient (Wildman–Crippen LogP) is 3.03. The Balaban J connectivity index is 2.23. The Labute approximate surface area is 114 Å². The smallest absolute Gasteiger partial charge is 0.126 e. The third kappa shape index (κ3) is 2.82. The van der Waals surface area contributed by atoms with E-state index in [4.69, 9.17) is 5.73 Å². The molecule has 2 nitrogen and oxygen atoms in total. The second kappa shape index (κ2) is 5.59. The van der Waals surface area contributed by atoms with Crippen molar-refractivity contribution >= 4 is 0 Å². The van der Waals surface area contributed by atoms with Gasteiger partial charge in [-0.3, -0.25) is 0 Å². The van der Waals surface area contributed by atoms with E-state index in [1.165, 1.54) is 12.5 Å². The van der Waals surface area contributed by atoms with Gasteiger partial charge in [-0.15, -0.1) is 0 Å². The van der Waals surface area contributed by atoms with E-state index in [9.17, 15) is 9.50 Å². The largest absolute Gasteiger partial charge is 0.389 e. The Bertz CT molecular complexity index is 425. The van der Waals surface area contributed by atoms with Crippen LogP contribution in [0.15, 0.2) is 24.3 Å². The highest BCUT2D eigenvalue weighted by atomic mass is 19.1. The first-order valence-corrected chi connectivity index (χ1v) is 7.17. The topological polar surface area (TPSA) is 46.2 Å². The standard InChI is InChI=1S/C16H24FNO/c1-15(19,11-13-7-3-4-8-14(13)17)16(12-18)9-5-2-6-10-16/h3-4,7-8,19H,2,5-6,9-12,18H2,1H3. The van der Waals surface area contributed by atoms with Crippen molar-refractivity contribution < 1.29 is 9.50 Å². The fourth-order valence-electron chi connectivity index (χ4n) is 3.39. The van der Waals surface area contributed by atoms with Gasteiger partial charge in [-0.2, -0.15) is 0 Å². The van der Waals surface area contributed by atoms with Crippen molar-refractivity contribution in [3.8, 4) is 0 Å². The fourth-order valence-corrected chi connectivity index (χ4v) is 3.39. The molecule has 0 aromatic heterocycles. The summed E-state index contributed by atoms with van der Waals surface area (Å²) in [5.74, 6) is -0.245. The number of hydrogen-bond donors (Lipinski definition) is 2. The van der Waals surface area contributed by atoms with Crippen molar-refractivity contribution in [2.24, 2.45) is 11.1 Å². The monoisotopic (exact) mass is 265 g/mol. The van der Waals surface area contributed by atoms with Gasteiger partial charge in [-0.1, -0.05) is 37.5 Å². The average molecular weight is 265 g/mol. The van der Waals surface area contributed by atoms with Gasteiger partial charge in [0.15, 0.2) is 0 Å². The molecule has 2 rings (SSSR count). The Kier molecular flexibility index (Phi) is 4.26. The molecule has 0 radical (unpaired) electrons. The summed E-state index contributed by atoms with van der Waals surface area (Å²) in [7, 11) is 0. The highest BCUT2D eigenvalue weighted by Gasteiger charge is 2.46. The van der Waals surface area contributed by atoms with E-state index >= 15 is 0 Å². The zero-order chi connectivity index (χ0) is 13.9. The van der Waals surface area contributed by atoms with Crippen molar-refractivity contribution in [2.45, 2.75) is 51.0 Å². The molecular formula is C16H24FNO. The van der Waals surface area contributed by atoms with Gasteiger partial charge in [0.2, 0.25) is 0 Å². The summed E-state index contributed by atoms with van der Waals surface area (Å²) < 4.78 is 13.8. The van der Waals surface area contributed by atoms with Crippen LogP contribution >= 0.6 is 0 Å². The molecule has 0 spiro atoms. The second-order valence-corrected chi connectivity index (χ2v) is 6.09. The van der Waals surface area contributed by atoms with Crippen LogP contribution in [-0.2, 0) is 6.42 Å². The first-order valence-electron chi connectivity index (χ1n) is 7.17. The first-order chi connectivity index (χ1) is 9.01. The van der Waals surface area contributed by atoms with E-state index in [2.05, 4.69) is 0 Å². The Morgan fingerprint density at radius 1 is 1.26 bits per heavy atom. The molecule has 106 valence electrons. The molecule has 0 heterocycles. The van der Waals surface area contributed by atoms with Crippen LogP contribution in [0.2, 0.25) is 0 Å².